The summed E-state index contributed by atoms with van der Waals surface area (Å²) in [4.78, 5) is 14.2. The molecule has 38 heavy (non-hydrogen) atoms. The molecule has 2 N–H and O–H groups in total. The molecule has 0 aliphatic rings. The summed E-state index contributed by atoms with van der Waals surface area (Å²) >= 11 is 0.946. The van der Waals surface area contributed by atoms with Gasteiger partial charge in [0.25, 0.3) is 0 Å². The lowest BCUT2D eigenvalue weighted by atomic mass is 10.1. The van der Waals surface area contributed by atoms with E-state index >= 15 is 0 Å². The number of thiazole rings is 1. The first-order valence-corrected chi connectivity index (χ1v) is 14.8. The van der Waals surface area contributed by atoms with Gasteiger partial charge in [0.05, 0.1) is 23.0 Å². The van der Waals surface area contributed by atoms with E-state index in [0.717, 1.165) is 35.5 Å². The van der Waals surface area contributed by atoms with Gasteiger partial charge in [-0.15, -0.1) is 0 Å². The summed E-state index contributed by atoms with van der Waals surface area (Å²) < 4.78 is 41.1. The van der Waals surface area contributed by atoms with Crippen molar-refractivity contribution in [3.8, 4) is 39.3 Å². The number of aromatic nitrogens is 1. The first-order valence-electron chi connectivity index (χ1n) is 12.1. The van der Waals surface area contributed by atoms with Gasteiger partial charge in [-0.05, 0) is 66.6 Å². The van der Waals surface area contributed by atoms with Crippen LogP contribution < -0.4 is 19.1 Å². The second kappa shape index (κ2) is 12.2. The molecule has 8 nitrogen and oxygen atoms in total. The van der Waals surface area contributed by atoms with Crippen molar-refractivity contribution >= 4 is 21.2 Å². The number of aryl methyl sites for hydroxylation is 1. The Morgan fingerprint density at radius 3 is 2.34 bits per heavy atom. The molecule has 0 fully saturated rings. The van der Waals surface area contributed by atoms with Crippen LogP contribution in [0.5, 0.6) is 28.9 Å². The monoisotopic (exact) mass is 555 g/mol. The number of aromatic amines is 1. The van der Waals surface area contributed by atoms with Gasteiger partial charge >= 0.3 is 4.87 Å². The van der Waals surface area contributed by atoms with Crippen molar-refractivity contribution in [1.29, 1.82) is 0 Å². The molecule has 0 aliphatic carbocycles. The zero-order chi connectivity index (χ0) is 27.1. The van der Waals surface area contributed by atoms with Gasteiger partial charge < -0.3 is 19.3 Å². The Morgan fingerprint density at radius 2 is 1.66 bits per heavy atom. The Balaban J connectivity index is 1.31. The van der Waals surface area contributed by atoms with Crippen LogP contribution in [0, 0.1) is 0 Å². The number of nitrogens with one attached hydrogen (secondary N) is 1. The largest absolute Gasteiger partial charge is 0.493 e. The standard InChI is InChI=1S/C28H29NO7S2/c1-3-6-19-17-23(36-21-9-12-24(13-10-21)38(2,32)33)11-14-25(19)35-16-5-15-34-22-8-4-7-20(18-22)26-27(30)29-28(31)37-26/h4,7-14,17-18,30H,3,5-6,15-16H2,1-2H3,(H,29,31). The average Bonchev–Trinajstić information content (AvgIpc) is 3.23. The second-order valence-corrected chi connectivity index (χ2v) is 11.6. The number of benzene rings is 3. The predicted octanol–water partition coefficient (Wildman–Crippen LogP) is 5.81. The third-order valence-electron chi connectivity index (χ3n) is 5.58. The van der Waals surface area contributed by atoms with E-state index in [1.54, 1.807) is 18.2 Å². The van der Waals surface area contributed by atoms with E-state index in [4.69, 9.17) is 14.2 Å². The minimum atomic E-state index is -3.26. The van der Waals surface area contributed by atoms with Crippen molar-refractivity contribution in [1.82, 2.24) is 4.98 Å². The summed E-state index contributed by atoms with van der Waals surface area (Å²) in [6.45, 7) is 2.99. The lowest BCUT2D eigenvalue weighted by Crippen LogP contribution is -2.06. The van der Waals surface area contributed by atoms with E-state index in [1.165, 1.54) is 18.4 Å². The van der Waals surface area contributed by atoms with Crippen LogP contribution in [0.25, 0.3) is 10.4 Å². The summed E-state index contributed by atoms with van der Waals surface area (Å²) in [5.41, 5.74) is 1.73. The zero-order valence-corrected chi connectivity index (χ0v) is 22.7. The molecule has 1 aromatic heterocycles. The Kier molecular flexibility index (Phi) is 8.75. The number of sulfone groups is 1. The highest BCUT2D eigenvalue weighted by Gasteiger charge is 2.11. The molecule has 1 heterocycles. The maximum Gasteiger partial charge on any atom is 0.307 e. The van der Waals surface area contributed by atoms with E-state index in [-0.39, 0.29) is 15.6 Å². The molecule has 0 saturated carbocycles. The molecule has 0 aliphatic heterocycles. The zero-order valence-electron chi connectivity index (χ0n) is 21.1. The average molecular weight is 556 g/mol. The topological polar surface area (TPSA) is 115 Å². The van der Waals surface area contributed by atoms with Crippen LogP contribution in [0.3, 0.4) is 0 Å². The lowest BCUT2D eigenvalue weighted by molar-refractivity contribution is 0.246. The molecule has 200 valence electrons. The molecule has 3 aromatic carbocycles. The van der Waals surface area contributed by atoms with Crippen molar-refractivity contribution < 1.29 is 27.7 Å². The van der Waals surface area contributed by atoms with Crippen molar-refractivity contribution in [2.45, 2.75) is 31.1 Å². The Bertz CT molecular complexity index is 1540. The smallest absolute Gasteiger partial charge is 0.307 e. The predicted molar refractivity (Wildman–Crippen MR) is 148 cm³/mol. The fourth-order valence-electron chi connectivity index (χ4n) is 3.79. The van der Waals surface area contributed by atoms with Crippen molar-refractivity contribution in [3.63, 3.8) is 0 Å². The fourth-order valence-corrected chi connectivity index (χ4v) is 5.15. The molecule has 0 radical (unpaired) electrons. The van der Waals surface area contributed by atoms with Gasteiger partial charge in [0.1, 0.15) is 23.0 Å². The minimum Gasteiger partial charge on any atom is -0.493 e. The molecule has 0 unspecified atom stereocenters. The van der Waals surface area contributed by atoms with Crippen molar-refractivity contribution in [3.05, 3.63) is 82.0 Å². The number of H-pyrrole nitrogens is 1. The van der Waals surface area contributed by atoms with Crippen LogP contribution in [0.1, 0.15) is 25.3 Å². The summed E-state index contributed by atoms with van der Waals surface area (Å²) in [6, 6.07) is 19.2. The number of ether oxygens (including phenoxy) is 3. The number of rotatable bonds is 12. The van der Waals surface area contributed by atoms with Gasteiger partial charge in [-0.2, -0.15) is 0 Å². The van der Waals surface area contributed by atoms with Gasteiger partial charge in [-0.25, -0.2) is 8.42 Å². The summed E-state index contributed by atoms with van der Waals surface area (Å²) in [6.07, 6.45) is 3.59. The van der Waals surface area contributed by atoms with Gasteiger partial charge in [0, 0.05) is 18.2 Å². The first-order chi connectivity index (χ1) is 18.2. The highest BCUT2D eigenvalue weighted by Crippen LogP contribution is 2.32. The minimum absolute atomic E-state index is 0.144. The third kappa shape index (κ3) is 7.17. The van der Waals surface area contributed by atoms with E-state index in [9.17, 15) is 18.3 Å². The molecule has 10 heteroatoms. The Hall–Kier alpha value is -3.76. The van der Waals surface area contributed by atoms with Crippen LogP contribution in [0.4, 0.5) is 0 Å². The third-order valence-corrected chi connectivity index (χ3v) is 7.63. The van der Waals surface area contributed by atoms with Crippen LogP contribution in [0.15, 0.2) is 76.4 Å². The molecule has 0 bridgehead atoms. The Labute approximate surface area is 225 Å². The first kappa shape index (κ1) is 27.3. The quantitative estimate of drug-likeness (QED) is 0.212. The molecule has 0 amide bonds. The number of aromatic hydroxyl groups is 1. The van der Waals surface area contributed by atoms with Crippen molar-refractivity contribution in [2.75, 3.05) is 19.5 Å². The highest BCUT2D eigenvalue weighted by molar-refractivity contribution is 7.90. The number of hydrogen-bond donors (Lipinski definition) is 2. The molecular weight excluding hydrogens is 526 g/mol. The van der Waals surface area contributed by atoms with E-state index in [0.29, 0.717) is 47.3 Å². The molecule has 0 spiro atoms. The molecule has 0 saturated heterocycles. The SMILES string of the molecule is CCCc1cc(Oc2ccc(S(C)(=O)=O)cc2)ccc1OCCCOc1cccc(-c2sc(=O)[nH]c2O)c1. The molecular formula is C28H29NO7S2. The maximum absolute atomic E-state index is 11.7. The van der Waals surface area contributed by atoms with Gasteiger partial charge in [-0.3, -0.25) is 9.78 Å². The number of hydrogen-bond acceptors (Lipinski definition) is 8. The van der Waals surface area contributed by atoms with Gasteiger partial charge in [-0.1, -0.05) is 36.8 Å². The van der Waals surface area contributed by atoms with Crippen LogP contribution >= 0.6 is 11.3 Å². The van der Waals surface area contributed by atoms with E-state index in [1.807, 2.05) is 36.4 Å². The van der Waals surface area contributed by atoms with Crippen LogP contribution in [-0.4, -0.2) is 38.0 Å². The van der Waals surface area contributed by atoms with Gasteiger partial charge in [0.15, 0.2) is 9.84 Å². The highest BCUT2D eigenvalue weighted by atomic mass is 32.2. The molecule has 0 atom stereocenters. The maximum atomic E-state index is 11.7. The summed E-state index contributed by atoms with van der Waals surface area (Å²) in [5, 5.41) is 9.89. The van der Waals surface area contributed by atoms with Crippen molar-refractivity contribution in [2.24, 2.45) is 0 Å². The Morgan fingerprint density at radius 1 is 0.921 bits per heavy atom. The lowest BCUT2D eigenvalue weighted by Gasteiger charge is -2.14. The van der Waals surface area contributed by atoms with Crippen LogP contribution in [0.2, 0.25) is 0 Å². The second-order valence-electron chi connectivity index (χ2n) is 8.64. The molecule has 4 rings (SSSR count). The normalized spacial score (nSPS) is 11.3. The van der Waals surface area contributed by atoms with E-state index in [2.05, 4.69) is 11.9 Å². The summed E-state index contributed by atoms with van der Waals surface area (Å²) in [5.74, 6) is 2.48. The van der Waals surface area contributed by atoms with Crippen LogP contribution in [-0.2, 0) is 16.3 Å². The van der Waals surface area contributed by atoms with E-state index < -0.39 is 9.84 Å². The molecule has 4 aromatic rings. The van der Waals surface area contributed by atoms with Gasteiger partial charge in [0.2, 0.25) is 5.88 Å². The summed E-state index contributed by atoms with van der Waals surface area (Å²) in [7, 11) is -3.26. The fraction of sp³-hybridized carbons (Fsp3) is 0.250.